The van der Waals surface area contributed by atoms with Crippen molar-refractivity contribution in [2.75, 3.05) is 11.1 Å². The van der Waals surface area contributed by atoms with Crippen LogP contribution in [0.3, 0.4) is 0 Å². The van der Waals surface area contributed by atoms with Crippen molar-refractivity contribution in [2.45, 2.75) is 13.8 Å². The van der Waals surface area contributed by atoms with Gasteiger partial charge in [-0.1, -0.05) is 17.7 Å². The summed E-state index contributed by atoms with van der Waals surface area (Å²) in [7, 11) is 0. The molecule has 0 saturated heterocycles. The maximum absolute atomic E-state index is 13.6. The molecule has 0 radical (unpaired) electrons. The highest BCUT2D eigenvalue weighted by Crippen LogP contribution is 2.18. The van der Waals surface area contributed by atoms with Gasteiger partial charge in [0.2, 0.25) is 0 Å². The molecule has 2 aromatic rings. The van der Waals surface area contributed by atoms with Gasteiger partial charge in [-0.15, -0.1) is 0 Å². The molecule has 1 amide bonds. The van der Waals surface area contributed by atoms with E-state index in [-0.39, 0.29) is 5.56 Å². The van der Waals surface area contributed by atoms with Crippen LogP contribution in [-0.4, -0.2) is 5.91 Å². The Bertz CT molecular complexity index is 638. The van der Waals surface area contributed by atoms with Gasteiger partial charge in [0, 0.05) is 11.4 Å². The van der Waals surface area contributed by atoms with Crippen LogP contribution in [0.4, 0.5) is 15.8 Å². The van der Waals surface area contributed by atoms with E-state index in [2.05, 4.69) is 5.32 Å². The molecular formula is C15H15FN2O. The molecular weight excluding hydrogens is 243 g/mol. The van der Waals surface area contributed by atoms with Crippen LogP contribution < -0.4 is 11.1 Å². The monoisotopic (exact) mass is 258 g/mol. The summed E-state index contributed by atoms with van der Waals surface area (Å²) in [6, 6.07) is 9.61. The number of benzene rings is 2. The molecule has 0 unspecified atom stereocenters. The van der Waals surface area contributed by atoms with Crippen LogP contribution in [-0.2, 0) is 0 Å². The number of anilines is 2. The van der Waals surface area contributed by atoms with Gasteiger partial charge in [-0.2, -0.15) is 0 Å². The van der Waals surface area contributed by atoms with Crippen molar-refractivity contribution in [3.63, 3.8) is 0 Å². The molecule has 19 heavy (non-hydrogen) atoms. The summed E-state index contributed by atoms with van der Waals surface area (Å²) < 4.78 is 13.6. The van der Waals surface area contributed by atoms with Crippen LogP contribution in [0.15, 0.2) is 36.4 Å². The lowest BCUT2D eigenvalue weighted by atomic mass is 10.1. The number of nitrogens with two attached hydrogens (primary N) is 1. The number of aryl methyl sites for hydroxylation is 2. The lowest BCUT2D eigenvalue weighted by Gasteiger charge is -2.08. The summed E-state index contributed by atoms with van der Waals surface area (Å²) in [5, 5.41) is 2.64. The molecule has 3 N–H and O–H groups in total. The van der Waals surface area contributed by atoms with E-state index in [4.69, 9.17) is 5.73 Å². The Labute approximate surface area is 111 Å². The number of halogens is 1. The molecule has 0 fully saturated rings. The van der Waals surface area contributed by atoms with Gasteiger partial charge < -0.3 is 11.1 Å². The van der Waals surface area contributed by atoms with E-state index in [0.29, 0.717) is 11.4 Å². The molecule has 0 bridgehead atoms. The molecule has 0 heterocycles. The van der Waals surface area contributed by atoms with Crippen LogP contribution in [0.1, 0.15) is 21.5 Å². The molecule has 2 aromatic carbocycles. The van der Waals surface area contributed by atoms with Gasteiger partial charge >= 0.3 is 0 Å². The first kappa shape index (κ1) is 13.1. The molecule has 98 valence electrons. The SMILES string of the molecule is Cc1ccc(F)c(C(=O)Nc2ccc(C)c(N)c2)c1. The Morgan fingerprint density at radius 1 is 1.16 bits per heavy atom. The topological polar surface area (TPSA) is 55.1 Å². The molecule has 3 nitrogen and oxygen atoms in total. The number of carbonyl (C=O) groups excluding carboxylic acids is 1. The minimum Gasteiger partial charge on any atom is -0.398 e. The lowest BCUT2D eigenvalue weighted by Crippen LogP contribution is -2.14. The maximum atomic E-state index is 13.6. The van der Waals surface area contributed by atoms with E-state index < -0.39 is 11.7 Å². The van der Waals surface area contributed by atoms with Crippen LogP contribution >= 0.6 is 0 Å². The van der Waals surface area contributed by atoms with Gasteiger partial charge in [0.25, 0.3) is 5.91 Å². The van der Waals surface area contributed by atoms with Crippen molar-refractivity contribution in [1.29, 1.82) is 0 Å². The summed E-state index contributed by atoms with van der Waals surface area (Å²) in [6.45, 7) is 3.68. The van der Waals surface area contributed by atoms with Crippen LogP contribution in [0.5, 0.6) is 0 Å². The van der Waals surface area contributed by atoms with Crippen molar-refractivity contribution in [1.82, 2.24) is 0 Å². The fourth-order valence-corrected chi connectivity index (χ4v) is 1.73. The van der Waals surface area contributed by atoms with E-state index in [1.54, 1.807) is 31.2 Å². The number of hydrogen-bond acceptors (Lipinski definition) is 2. The third-order valence-corrected chi connectivity index (χ3v) is 2.90. The zero-order valence-electron chi connectivity index (χ0n) is 10.8. The Morgan fingerprint density at radius 2 is 1.89 bits per heavy atom. The number of rotatable bonds is 2. The Balaban J connectivity index is 2.25. The molecule has 0 aliphatic rings. The van der Waals surface area contributed by atoms with E-state index in [0.717, 1.165) is 11.1 Å². The van der Waals surface area contributed by atoms with Crippen molar-refractivity contribution in [3.05, 3.63) is 58.9 Å². The molecule has 0 aliphatic carbocycles. The smallest absolute Gasteiger partial charge is 0.258 e. The fraction of sp³-hybridized carbons (Fsp3) is 0.133. The summed E-state index contributed by atoms with van der Waals surface area (Å²) in [4.78, 5) is 12.0. The van der Waals surface area contributed by atoms with Crippen molar-refractivity contribution in [2.24, 2.45) is 0 Å². The van der Waals surface area contributed by atoms with Crippen molar-refractivity contribution < 1.29 is 9.18 Å². The summed E-state index contributed by atoms with van der Waals surface area (Å²) in [5.41, 5.74) is 8.69. The fourth-order valence-electron chi connectivity index (χ4n) is 1.73. The van der Waals surface area contributed by atoms with Crippen LogP contribution in [0.2, 0.25) is 0 Å². The number of nitrogens with one attached hydrogen (secondary N) is 1. The first-order chi connectivity index (χ1) is 8.97. The quantitative estimate of drug-likeness (QED) is 0.812. The second kappa shape index (κ2) is 5.10. The summed E-state index contributed by atoms with van der Waals surface area (Å²) >= 11 is 0. The highest BCUT2D eigenvalue weighted by Gasteiger charge is 2.12. The van der Waals surface area contributed by atoms with Gasteiger partial charge in [-0.25, -0.2) is 4.39 Å². The number of amides is 1. The molecule has 0 aromatic heterocycles. The third-order valence-electron chi connectivity index (χ3n) is 2.90. The zero-order chi connectivity index (χ0) is 14.0. The van der Waals surface area contributed by atoms with Gasteiger partial charge in [0.05, 0.1) is 5.56 Å². The van der Waals surface area contributed by atoms with E-state index in [9.17, 15) is 9.18 Å². The number of carbonyl (C=O) groups is 1. The highest BCUT2D eigenvalue weighted by molar-refractivity contribution is 6.04. The minimum atomic E-state index is -0.539. The number of hydrogen-bond donors (Lipinski definition) is 2. The standard InChI is InChI=1S/C15H15FN2O/c1-9-3-6-13(16)12(7-9)15(19)18-11-5-4-10(2)14(17)8-11/h3-8H,17H2,1-2H3,(H,18,19). The normalized spacial score (nSPS) is 10.3. The van der Waals surface area contributed by atoms with Gasteiger partial charge in [-0.3, -0.25) is 4.79 Å². The van der Waals surface area contributed by atoms with E-state index >= 15 is 0 Å². The Hall–Kier alpha value is -2.36. The average Bonchev–Trinajstić information content (AvgIpc) is 2.36. The lowest BCUT2D eigenvalue weighted by molar-refractivity contribution is 0.102. The van der Waals surface area contributed by atoms with E-state index in [1.165, 1.54) is 12.1 Å². The first-order valence-corrected chi connectivity index (χ1v) is 5.91. The number of nitrogen functional groups attached to an aromatic ring is 1. The predicted octanol–water partition coefficient (Wildman–Crippen LogP) is 3.28. The second-order valence-corrected chi connectivity index (χ2v) is 4.51. The molecule has 0 atom stereocenters. The molecule has 0 spiro atoms. The summed E-state index contributed by atoms with van der Waals surface area (Å²) in [5.74, 6) is -1.02. The van der Waals surface area contributed by atoms with Gasteiger partial charge in [0.15, 0.2) is 0 Å². The zero-order valence-corrected chi connectivity index (χ0v) is 10.8. The minimum absolute atomic E-state index is 0.0270. The van der Waals surface area contributed by atoms with Crippen LogP contribution in [0.25, 0.3) is 0 Å². The van der Waals surface area contributed by atoms with Gasteiger partial charge in [-0.05, 0) is 43.7 Å². The average molecular weight is 258 g/mol. The predicted molar refractivity (Wildman–Crippen MR) is 74.7 cm³/mol. The summed E-state index contributed by atoms with van der Waals surface area (Å²) in [6.07, 6.45) is 0. The van der Waals surface area contributed by atoms with Crippen molar-refractivity contribution >= 4 is 17.3 Å². The largest absolute Gasteiger partial charge is 0.398 e. The second-order valence-electron chi connectivity index (χ2n) is 4.51. The highest BCUT2D eigenvalue weighted by atomic mass is 19.1. The van der Waals surface area contributed by atoms with Gasteiger partial charge in [0.1, 0.15) is 5.82 Å². The molecule has 0 saturated carbocycles. The van der Waals surface area contributed by atoms with Crippen molar-refractivity contribution in [3.8, 4) is 0 Å². The van der Waals surface area contributed by atoms with E-state index in [1.807, 2.05) is 6.92 Å². The molecule has 0 aliphatic heterocycles. The Kier molecular flexibility index (Phi) is 3.51. The molecule has 4 heteroatoms. The third kappa shape index (κ3) is 2.91. The van der Waals surface area contributed by atoms with Crippen LogP contribution in [0, 0.1) is 19.7 Å². The maximum Gasteiger partial charge on any atom is 0.258 e. The molecule has 2 rings (SSSR count). The first-order valence-electron chi connectivity index (χ1n) is 5.91. The Morgan fingerprint density at radius 3 is 2.58 bits per heavy atom.